The molecule has 1 N–H and O–H groups in total. The van der Waals surface area contributed by atoms with Gasteiger partial charge >= 0.3 is 0 Å². The van der Waals surface area contributed by atoms with Gasteiger partial charge in [-0.2, -0.15) is 0 Å². The molecule has 0 aliphatic heterocycles. The van der Waals surface area contributed by atoms with Crippen molar-refractivity contribution in [2.45, 2.75) is 52.7 Å². The standard InChI is InChI=1S/C12H23NSi/c1-10-8-7-9-11(10)14(5,6)13-12(2,3)4/h7-8,13H,9H2,1-6H3. The van der Waals surface area contributed by atoms with Gasteiger partial charge < -0.3 is 4.98 Å². The lowest BCUT2D eigenvalue weighted by Gasteiger charge is -2.35. The van der Waals surface area contributed by atoms with Gasteiger partial charge in [-0.15, -0.1) is 0 Å². The smallest absolute Gasteiger partial charge is 0.148 e. The van der Waals surface area contributed by atoms with Crippen molar-refractivity contribution in [3.8, 4) is 0 Å². The lowest BCUT2D eigenvalue weighted by Crippen LogP contribution is -2.55. The van der Waals surface area contributed by atoms with E-state index >= 15 is 0 Å². The molecule has 14 heavy (non-hydrogen) atoms. The lowest BCUT2D eigenvalue weighted by atomic mass is 10.1. The first-order valence-corrected chi connectivity index (χ1v) is 8.38. The van der Waals surface area contributed by atoms with Gasteiger partial charge in [0.15, 0.2) is 0 Å². The maximum atomic E-state index is 3.81. The van der Waals surface area contributed by atoms with Crippen molar-refractivity contribution < 1.29 is 0 Å². The van der Waals surface area contributed by atoms with Crippen LogP contribution in [-0.4, -0.2) is 13.8 Å². The third kappa shape index (κ3) is 2.82. The van der Waals surface area contributed by atoms with Gasteiger partial charge in [0.05, 0.1) is 0 Å². The highest BCUT2D eigenvalue weighted by molar-refractivity contribution is 6.82. The van der Waals surface area contributed by atoms with Gasteiger partial charge in [0.25, 0.3) is 0 Å². The van der Waals surface area contributed by atoms with Crippen molar-refractivity contribution in [3.63, 3.8) is 0 Å². The molecule has 0 atom stereocenters. The topological polar surface area (TPSA) is 12.0 Å². The first-order valence-electron chi connectivity index (χ1n) is 5.38. The minimum Gasteiger partial charge on any atom is -0.329 e. The van der Waals surface area contributed by atoms with Crippen molar-refractivity contribution in [2.75, 3.05) is 0 Å². The Morgan fingerprint density at radius 2 is 1.86 bits per heavy atom. The van der Waals surface area contributed by atoms with Crippen LogP contribution in [-0.2, 0) is 0 Å². The van der Waals surface area contributed by atoms with Crippen LogP contribution < -0.4 is 4.98 Å². The average Bonchev–Trinajstić information content (AvgIpc) is 2.29. The molecule has 80 valence electrons. The first-order chi connectivity index (χ1) is 6.22. The van der Waals surface area contributed by atoms with Crippen LogP contribution in [0.4, 0.5) is 0 Å². The molecule has 0 heterocycles. The van der Waals surface area contributed by atoms with Gasteiger partial charge in [-0.1, -0.05) is 36.0 Å². The summed E-state index contributed by atoms with van der Waals surface area (Å²) in [5, 5.41) is 1.66. The molecule has 0 saturated heterocycles. The fraction of sp³-hybridized carbons (Fsp3) is 0.667. The summed E-state index contributed by atoms with van der Waals surface area (Å²) in [5.74, 6) is 0. The van der Waals surface area contributed by atoms with E-state index in [1.807, 2.05) is 0 Å². The molecule has 0 aromatic carbocycles. The van der Waals surface area contributed by atoms with Crippen LogP contribution in [0.3, 0.4) is 0 Å². The summed E-state index contributed by atoms with van der Waals surface area (Å²) in [6, 6.07) is 0. The monoisotopic (exact) mass is 209 g/mol. The Hall–Kier alpha value is -0.343. The van der Waals surface area contributed by atoms with Gasteiger partial charge in [-0.25, -0.2) is 0 Å². The van der Waals surface area contributed by atoms with Crippen LogP contribution in [0.1, 0.15) is 34.1 Å². The largest absolute Gasteiger partial charge is 0.329 e. The molecule has 0 saturated carbocycles. The predicted octanol–water partition coefficient (Wildman–Crippen LogP) is 3.40. The predicted molar refractivity (Wildman–Crippen MR) is 66.8 cm³/mol. The maximum absolute atomic E-state index is 3.81. The molecule has 0 amide bonds. The van der Waals surface area contributed by atoms with Crippen molar-refractivity contribution in [2.24, 2.45) is 0 Å². The summed E-state index contributed by atoms with van der Waals surface area (Å²) >= 11 is 0. The highest BCUT2D eigenvalue weighted by Crippen LogP contribution is 2.27. The van der Waals surface area contributed by atoms with Crippen LogP contribution in [0.5, 0.6) is 0 Å². The van der Waals surface area contributed by atoms with E-state index in [9.17, 15) is 0 Å². The summed E-state index contributed by atoms with van der Waals surface area (Å²) in [5.41, 5.74) is 1.71. The summed E-state index contributed by atoms with van der Waals surface area (Å²) in [4.78, 5) is 3.81. The minimum absolute atomic E-state index is 0.228. The van der Waals surface area contributed by atoms with Crippen LogP contribution >= 0.6 is 0 Å². The molecule has 0 aromatic heterocycles. The summed E-state index contributed by atoms with van der Waals surface area (Å²) in [6.45, 7) is 13.8. The molecule has 1 rings (SSSR count). The fourth-order valence-electron chi connectivity index (χ4n) is 2.38. The van der Waals surface area contributed by atoms with Crippen molar-refractivity contribution in [1.82, 2.24) is 4.98 Å². The van der Waals surface area contributed by atoms with Crippen molar-refractivity contribution in [1.29, 1.82) is 0 Å². The molecule has 0 aromatic rings. The summed E-state index contributed by atoms with van der Waals surface area (Å²) in [6.07, 6.45) is 5.70. The Balaban J connectivity index is 2.81. The molecule has 2 heteroatoms. The number of nitrogens with one attached hydrogen (secondary N) is 1. The zero-order valence-corrected chi connectivity index (χ0v) is 11.4. The SMILES string of the molecule is CC1=C([Si](C)(C)NC(C)(C)C)CC=C1. The Kier molecular flexibility index (Phi) is 3.07. The van der Waals surface area contributed by atoms with E-state index < -0.39 is 8.24 Å². The molecule has 0 spiro atoms. The Morgan fingerprint density at radius 1 is 1.29 bits per heavy atom. The molecule has 0 unspecified atom stereocenters. The second-order valence-electron chi connectivity index (χ2n) is 5.77. The second kappa shape index (κ2) is 3.67. The lowest BCUT2D eigenvalue weighted by molar-refractivity contribution is 0.513. The second-order valence-corrected chi connectivity index (χ2v) is 9.87. The van der Waals surface area contributed by atoms with E-state index in [1.54, 1.807) is 5.20 Å². The molecular weight excluding hydrogens is 186 g/mol. The summed E-state index contributed by atoms with van der Waals surface area (Å²) in [7, 11) is -1.40. The van der Waals surface area contributed by atoms with Crippen LogP contribution in [0, 0.1) is 0 Å². The van der Waals surface area contributed by atoms with Gasteiger partial charge in [0.2, 0.25) is 0 Å². The molecule has 1 aliphatic rings. The molecule has 1 aliphatic carbocycles. The van der Waals surface area contributed by atoms with E-state index in [4.69, 9.17) is 0 Å². The molecule has 0 bridgehead atoms. The molecule has 0 fully saturated rings. The highest BCUT2D eigenvalue weighted by atomic mass is 28.3. The van der Waals surface area contributed by atoms with Crippen LogP contribution in [0.25, 0.3) is 0 Å². The number of hydrogen-bond donors (Lipinski definition) is 1. The number of hydrogen-bond acceptors (Lipinski definition) is 1. The Labute approximate surface area is 89.4 Å². The molecule has 0 radical (unpaired) electrons. The first kappa shape index (κ1) is 11.7. The van der Waals surface area contributed by atoms with Crippen molar-refractivity contribution >= 4 is 8.24 Å². The number of rotatable bonds is 2. The maximum Gasteiger partial charge on any atom is 0.148 e. The average molecular weight is 209 g/mol. The van der Waals surface area contributed by atoms with E-state index in [1.165, 1.54) is 5.57 Å². The quantitative estimate of drug-likeness (QED) is 0.687. The normalized spacial score (nSPS) is 18.1. The van der Waals surface area contributed by atoms with Gasteiger partial charge in [-0.05, 0) is 34.1 Å². The third-order valence-corrected chi connectivity index (χ3v) is 6.09. The van der Waals surface area contributed by atoms with Gasteiger partial charge in [0.1, 0.15) is 8.24 Å². The molecular formula is C12H23NSi. The number of allylic oxidation sites excluding steroid dienone is 4. The van der Waals surface area contributed by atoms with E-state index in [0.717, 1.165) is 6.42 Å². The molecule has 1 nitrogen and oxygen atoms in total. The zero-order valence-electron chi connectivity index (χ0n) is 10.4. The van der Waals surface area contributed by atoms with E-state index in [-0.39, 0.29) is 5.54 Å². The van der Waals surface area contributed by atoms with E-state index in [2.05, 4.69) is 57.9 Å². The zero-order chi connectivity index (χ0) is 11.0. The Bertz CT molecular complexity index is 279. The van der Waals surface area contributed by atoms with Gasteiger partial charge in [-0.3, -0.25) is 0 Å². The minimum atomic E-state index is -1.40. The summed E-state index contributed by atoms with van der Waals surface area (Å²) < 4.78 is 0. The van der Waals surface area contributed by atoms with Crippen LogP contribution in [0.15, 0.2) is 22.9 Å². The third-order valence-electron chi connectivity index (χ3n) is 2.61. The van der Waals surface area contributed by atoms with E-state index in [0.29, 0.717) is 0 Å². The fourth-order valence-corrected chi connectivity index (χ4v) is 6.10. The Morgan fingerprint density at radius 3 is 2.21 bits per heavy atom. The van der Waals surface area contributed by atoms with Gasteiger partial charge in [0, 0.05) is 5.54 Å². The highest BCUT2D eigenvalue weighted by Gasteiger charge is 2.31. The van der Waals surface area contributed by atoms with Crippen molar-refractivity contribution in [3.05, 3.63) is 22.9 Å². The van der Waals surface area contributed by atoms with Crippen LogP contribution in [0.2, 0.25) is 13.1 Å².